The number of amides is 2. The van der Waals surface area contributed by atoms with Gasteiger partial charge in [0.05, 0.1) is 12.1 Å². The molecule has 2 N–H and O–H groups in total. The summed E-state index contributed by atoms with van der Waals surface area (Å²) in [5.41, 5.74) is 3.33. The number of nitrogens with one attached hydrogen (secondary N) is 2. The molecule has 3 atom stereocenters. The Labute approximate surface area is 179 Å². The molecule has 2 aromatic rings. The molecule has 1 aliphatic rings. The highest BCUT2D eigenvalue weighted by molar-refractivity contribution is 5.89. The van der Waals surface area contributed by atoms with Gasteiger partial charge in [-0.05, 0) is 63.6 Å². The zero-order chi connectivity index (χ0) is 21.7. The van der Waals surface area contributed by atoms with E-state index in [0.29, 0.717) is 6.54 Å². The van der Waals surface area contributed by atoms with Gasteiger partial charge in [0.2, 0.25) is 11.8 Å². The molecule has 0 aromatic heterocycles. The zero-order valence-electron chi connectivity index (χ0n) is 18.3. The maximum Gasteiger partial charge on any atom is 0.245 e. The number of rotatable bonds is 7. The molecule has 160 valence electrons. The van der Waals surface area contributed by atoms with Gasteiger partial charge in [0, 0.05) is 25.0 Å². The van der Waals surface area contributed by atoms with Crippen LogP contribution < -0.4 is 15.5 Å². The predicted molar refractivity (Wildman–Crippen MR) is 121 cm³/mol. The fourth-order valence-corrected chi connectivity index (χ4v) is 3.90. The van der Waals surface area contributed by atoms with Gasteiger partial charge in [-0.1, -0.05) is 30.3 Å². The van der Waals surface area contributed by atoms with E-state index in [0.717, 1.165) is 29.8 Å². The van der Waals surface area contributed by atoms with Crippen LogP contribution in [-0.4, -0.2) is 49.4 Å². The first-order chi connectivity index (χ1) is 14.4. The summed E-state index contributed by atoms with van der Waals surface area (Å²) in [6, 6.07) is 17.7. The van der Waals surface area contributed by atoms with Gasteiger partial charge in [0.15, 0.2) is 0 Å². The predicted octanol–water partition coefficient (Wildman–Crippen LogP) is 3.23. The lowest BCUT2D eigenvalue weighted by molar-refractivity contribution is -0.137. The SMILES string of the molecule is CN[C@@H](C)C(=O)N[C@@H](C)C(=O)N1CCC[C@H]1c1cccc(N(C)c2ccccc2)c1. The van der Waals surface area contributed by atoms with Gasteiger partial charge in [0.25, 0.3) is 0 Å². The molecule has 0 saturated carbocycles. The number of benzene rings is 2. The molecule has 2 aromatic carbocycles. The molecule has 1 fully saturated rings. The van der Waals surface area contributed by atoms with Gasteiger partial charge in [-0.25, -0.2) is 0 Å². The first-order valence-electron chi connectivity index (χ1n) is 10.6. The van der Waals surface area contributed by atoms with Gasteiger partial charge < -0.3 is 20.4 Å². The van der Waals surface area contributed by atoms with Crippen LogP contribution in [0.1, 0.15) is 38.3 Å². The fourth-order valence-electron chi connectivity index (χ4n) is 3.90. The topological polar surface area (TPSA) is 64.7 Å². The standard InChI is InChI=1S/C24H32N4O2/c1-17(25-3)23(29)26-18(2)24(30)28-15-9-14-22(28)19-10-8-13-21(16-19)27(4)20-11-6-5-7-12-20/h5-8,10-13,16-18,22,25H,9,14-15H2,1-4H3,(H,26,29)/t17-,18-,22-/m0/s1. The summed E-state index contributed by atoms with van der Waals surface area (Å²) in [4.78, 5) is 29.3. The van der Waals surface area contributed by atoms with Gasteiger partial charge in [-0.2, -0.15) is 0 Å². The molecule has 2 amide bonds. The van der Waals surface area contributed by atoms with Crippen LogP contribution in [0.2, 0.25) is 0 Å². The van der Waals surface area contributed by atoms with Crippen LogP contribution in [0.4, 0.5) is 11.4 Å². The minimum Gasteiger partial charge on any atom is -0.345 e. The van der Waals surface area contributed by atoms with E-state index in [1.165, 1.54) is 0 Å². The van der Waals surface area contributed by atoms with Crippen molar-refractivity contribution in [1.29, 1.82) is 0 Å². The molecule has 0 radical (unpaired) electrons. The number of likely N-dealkylation sites (N-methyl/N-ethyl adjacent to an activating group) is 1. The van der Waals surface area contributed by atoms with Crippen LogP contribution in [0.3, 0.4) is 0 Å². The number of carbonyl (C=O) groups is 2. The van der Waals surface area contributed by atoms with Gasteiger partial charge in [-0.15, -0.1) is 0 Å². The lowest BCUT2D eigenvalue weighted by Gasteiger charge is -2.29. The third-order valence-electron chi connectivity index (χ3n) is 5.88. The minimum atomic E-state index is -0.552. The Morgan fingerprint density at radius 2 is 1.73 bits per heavy atom. The first-order valence-corrected chi connectivity index (χ1v) is 10.6. The molecule has 1 saturated heterocycles. The average molecular weight is 409 g/mol. The number of nitrogens with zero attached hydrogens (tertiary/aromatic N) is 2. The molecule has 1 aliphatic heterocycles. The summed E-state index contributed by atoms with van der Waals surface area (Å²) in [5, 5.41) is 5.73. The van der Waals surface area contributed by atoms with Gasteiger partial charge in [0.1, 0.15) is 6.04 Å². The van der Waals surface area contributed by atoms with Crippen molar-refractivity contribution in [2.45, 2.75) is 44.8 Å². The molecule has 30 heavy (non-hydrogen) atoms. The number of hydrogen-bond donors (Lipinski definition) is 2. The van der Waals surface area contributed by atoms with Crippen LogP contribution in [0.5, 0.6) is 0 Å². The van der Waals surface area contributed by atoms with Crippen LogP contribution in [0.15, 0.2) is 54.6 Å². The fraction of sp³-hybridized carbons (Fsp3) is 0.417. The van der Waals surface area contributed by atoms with E-state index in [-0.39, 0.29) is 23.9 Å². The van der Waals surface area contributed by atoms with Crippen molar-refractivity contribution in [3.63, 3.8) is 0 Å². The average Bonchev–Trinajstić information content (AvgIpc) is 3.28. The maximum absolute atomic E-state index is 13.1. The largest absolute Gasteiger partial charge is 0.345 e. The Hall–Kier alpha value is -2.86. The third kappa shape index (κ3) is 4.82. The second-order valence-electron chi connectivity index (χ2n) is 7.92. The highest BCUT2D eigenvalue weighted by Gasteiger charge is 2.33. The van der Waals surface area contributed by atoms with E-state index in [9.17, 15) is 9.59 Å². The van der Waals surface area contributed by atoms with Gasteiger partial charge >= 0.3 is 0 Å². The summed E-state index contributed by atoms with van der Waals surface area (Å²) in [5.74, 6) is -0.198. The second kappa shape index (κ2) is 9.76. The van der Waals surface area contributed by atoms with Crippen molar-refractivity contribution in [3.05, 3.63) is 60.2 Å². The zero-order valence-corrected chi connectivity index (χ0v) is 18.3. The molecule has 0 unspecified atom stereocenters. The minimum absolute atomic E-state index is 0.0303. The van der Waals surface area contributed by atoms with E-state index < -0.39 is 6.04 Å². The van der Waals surface area contributed by atoms with E-state index in [4.69, 9.17) is 0 Å². The molecule has 6 nitrogen and oxygen atoms in total. The summed E-state index contributed by atoms with van der Waals surface area (Å²) < 4.78 is 0. The Kier molecular flexibility index (Phi) is 7.11. The quantitative estimate of drug-likeness (QED) is 0.738. The van der Waals surface area contributed by atoms with Crippen molar-refractivity contribution in [1.82, 2.24) is 15.5 Å². The number of carbonyl (C=O) groups excluding carboxylic acids is 2. The first kappa shape index (κ1) is 21.8. The van der Waals surface area contributed by atoms with Gasteiger partial charge in [-0.3, -0.25) is 9.59 Å². The van der Waals surface area contributed by atoms with Crippen molar-refractivity contribution in [3.8, 4) is 0 Å². The smallest absolute Gasteiger partial charge is 0.245 e. The monoisotopic (exact) mass is 408 g/mol. The Morgan fingerprint density at radius 1 is 1.03 bits per heavy atom. The van der Waals surface area contributed by atoms with Crippen LogP contribution in [0, 0.1) is 0 Å². The number of para-hydroxylation sites is 1. The molecule has 0 aliphatic carbocycles. The summed E-state index contributed by atoms with van der Waals surface area (Å²) in [6.07, 6.45) is 1.89. The summed E-state index contributed by atoms with van der Waals surface area (Å²) in [6.45, 7) is 4.25. The molecule has 1 heterocycles. The van der Waals surface area contributed by atoms with Crippen molar-refractivity contribution in [2.24, 2.45) is 0 Å². The third-order valence-corrected chi connectivity index (χ3v) is 5.88. The molecule has 0 spiro atoms. The second-order valence-corrected chi connectivity index (χ2v) is 7.92. The van der Waals surface area contributed by atoms with Crippen molar-refractivity contribution >= 4 is 23.2 Å². The number of hydrogen-bond acceptors (Lipinski definition) is 4. The number of likely N-dealkylation sites (tertiary alicyclic amines) is 1. The van der Waals surface area contributed by atoms with E-state index >= 15 is 0 Å². The van der Waals surface area contributed by atoms with Crippen LogP contribution in [-0.2, 0) is 9.59 Å². The van der Waals surface area contributed by atoms with E-state index in [1.54, 1.807) is 20.9 Å². The number of anilines is 2. The summed E-state index contributed by atoms with van der Waals surface area (Å²) in [7, 11) is 3.78. The highest BCUT2D eigenvalue weighted by Crippen LogP contribution is 2.35. The molecular weight excluding hydrogens is 376 g/mol. The van der Waals surface area contributed by atoms with Crippen LogP contribution >= 0.6 is 0 Å². The van der Waals surface area contributed by atoms with Crippen molar-refractivity contribution in [2.75, 3.05) is 25.5 Å². The van der Waals surface area contributed by atoms with E-state index in [2.05, 4.69) is 45.9 Å². The normalized spacial score (nSPS) is 18.0. The Balaban J connectivity index is 1.75. The lowest BCUT2D eigenvalue weighted by Crippen LogP contribution is -2.51. The Morgan fingerprint density at radius 3 is 2.43 bits per heavy atom. The summed E-state index contributed by atoms with van der Waals surface area (Å²) >= 11 is 0. The molecular formula is C24H32N4O2. The van der Waals surface area contributed by atoms with Crippen LogP contribution in [0.25, 0.3) is 0 Å². The maximum atomic E-state index is 13.1. The molecule has 0 bridgehead atoms. The van der Waals surface area contributed by atoms with Crippen molar-refractivity contribution < 1.29 is 9.59 Å². The Bertz CT molecular complexity index is 871. The molecule has 3 rings (SSSR count). The molecule has 6 heteroatoms. The van der Waals surface area contributed by atoms with E-state index in [1.807, 2.05) is 36.2 Å². The lowest BCUT2D eigenvalue weighted by atomic mass is 10.0. The highest BCUT2D eigenvalue weighted by atomic mass is 16.2.